The minimum absolute atomic E-state index is 0.636. The van der Waals surface area contributed by atoms with Gasteiger partial charge in [0, 0.05) is 64.8 Å². The molecular weight excluding hydrogens is 434 g/mol. The normalized spacial score (nSPS) is 12.0. The van der Waals surface area contributed by atoms with Gasteiger partial charge in [0.25, 0.3) is 0 Å². The van der Waals surface area contributed by atoms with Gasteiger partial charge in [-0.2, -0.15) is 0 Å². The van der Waals surface area contributed by atoms with Crippen LogP contribution in [0.3, 0.4) is 0 Å². The average Bonchev–Trinajstić information content (AvgIpc) is 2.74. The van der Waals surface area contributed by atoms with E-state index in [0.29, 0.717) is 52.7 Å². The fourth-order valence-corrected chi connectivity index (χ4v) is 8.23. The summed E-state index contributed by atoms with van der Waals surface area (Å²) in [5, 5.41) is 3.26. The lowest BCUT2D eigenvalue weighted by Gasteiger charge is -2.28. The smallest absolute Gasteiger partial charge is 0.374 e. The third kappa shape index (κ3) is 17.2. The highest BCUT2D eigenvalue weighted by Gasteiger charge is 2.40. The van der Waals surface area contributed by atoms with Gasteiger partial charge in [-0.3, -0.25) is 0 Å². The van der Waals surface area contributed by atoms with E-state index in [9.17, 15) is 0 Å². The van der Waals surface area contributed by atoms with Gasteiger partial charge in [-0.05, 0) is 67.5 Å². The van der Waals surface area contributed by atoms with Crippen LogP contribution >= 0.6 is 0 Å². The molecule has 0 aromatic heterocycles. The molecule has 0 aliphatic rings. The molecule has 0 saturated heterocycles. The van der Waals surface area contributed by atoms with Crippen molar-refractivity contribution in [1.82, 2.24) is 5.32 Å². The molecule has 0 saturated carbocycles. The molecule has 0 heterocycles. The SMILES string of the molecule is CCO[Si](CCCN)(OCC)OCC.CCO[Si](CCCNCCN)(OCC)OCC. The Hall–Kier alpha value is 0.0738. The maximum atomic E-state index is 5.76. The summed E-state index contributed by atoms with van der Waals surface area (Å²) >= 11 is 0. The standard InChI is InChI=1S/C11H28N2O3Si.C9H23NO3Si/c1-4-14-17(15-5-2,16-6-3)11-7-9-13-10-8-12;1-4-11-14(12-5-2,13-6-3)9-7-8-10/h13H,4-12H2,1-3H3;4-10H2,1-3H3. The molecular formula is C20H51N3O6Si2. The summed E-state index contributed by atoms with van der Waals surface area (Å²) in [7, 11) is -4.82. The highest BCUT2D eigenvalue weighted by atomic mass is 28.4. The van der Waals surface area contributed by atoms with Crippen molar-refractivity contribution in [2.75, 3.05) is 65.8 Å². The highest BCUT2D eigenvalue weighted by Crippen LogP contribution is 2.18. The summed E-state index contributed by atoms with van der Waals surface area (Å²) < 4.78 is 34.2. The van der Waals surface area contributed by atoms with Gasteiger partial charge in [-0.25, -0.2) is 0 Å². The highest BCUT2D eigenvalue weighted by molar-refractivity contribution is 6.61. The number of nitrogens with one attached hydrogen (secondary N) is 1. The van der Waals surface area contributed by atoms with Crippen LogP contribution in [0.4, 0.5) is 0 Å². The van der Waals surface area contributed by atoms with E-state index in [1.807, 2.05) is 41.5 Å². The Morgan fingerprint density at radius 1 is 0.516 bits per heavy atom. The Kier molecular flexibility index (Phi) is 24.9. The summed E-state index contributed by atoms with van der Waals surface area (Å²) in [5.74, 6) is 0. The largest absolute Gasteiger partial charge is 0.500 e. The molecule has 31 heavy (non-hydrogen) atoms. The number of rotatable bonds is 21. The van der Waals surface area contributed by atoms with Crippen LogP contribution in [0.1, 0.15) is 54.4 Å². The topological polar surface area (TPSA) is 119 Å². The minimum atomic E-state index is -2.43. The molecule has 0 amide bonds. The maximum absolute atomic E-state index is 5.76. The fraction of sp³-hybridized carbons (Fsp3) is 1.00. The van der Waals surface area contributed by atoms with E-state index < -0.39 is 17.6 Å². The number of nitrogens with two attached hydrogens (primary N) is 2. The summed E-state index contributed by atoms with van der Waals surface area (Å²) in [4.78, 5) is 0. The lowest BCUT2D eigenvalue weighted by molar-refractivity contribution is 0.0701. The zero-order chi connectivity index (χ0) is 23.8. The van der Waals surface area contributed by atoms with E-state index in [4.69, 9.17) is 38.0 Å². The maximum Gasteiger partial charge on any atom is 0.500 e. The Morgan fingerprint density at radius 3 is 1.16 bits per heavy atom. The molecule has 0 fully saturated rings. The van der Waals surface area contributed by atoms with E-state index >= 15 is 0 Å². The Morgan fingerprint density at radius 2 is 0.871 bits per heavy atom. The molecule has 0 unspecified atom stereocenters. The van der Waals surface area contributed by atoms with Gasteiger partial charge in [0.2, 0.25) is 0 Å². The third-order valence-corrected chi connectivity index (χ3v) is 10.3. The molecule has 0 atom stereocenters. The van der Waals surface area contributed by atoms with Gasteiger partial charge in [0.15, 0.2) is 0 Å². The number of hydrogen-bond donors (Lipinski definition) is 3. The molecule has 5 N–H and O–H groups in total. The molecule has 0 aromatic carbocycles. The number of hydrogen-bond acceptors (Lipinski definition) is 9. The Bertz CT molecular complexity index is 340. The lowest BCUT2D eigenvalue weighted by Crippen LogP contribution is -2.46. The molecule has 0 rings (SSSR count). The Balaban J connectivity index is 0. The second kappa shape index (κ2) is 23.2. The van der Waals surface area contributed by atoms with Crippen molar-refractivity contribution in [2.24, 2.45) is 11.5 Å². The monoisotopic (exact) mass is 485 g/mol. The molecule has 0 aliphatic heterocycles. The lowest BCUT2D eigenvalue weighted by atomic mass is 10.5. The van der Waals surface area contributed by atoms with Crippen molar-refractivity contribution >= 4 is 17.6 Å². The fourth-order valence-electron chi connectivity index (χ4n) is 2.98. The molecule has 0 bridgehead atoms. The molecule has 11 heteroatoms. The summed E-state index contributed by atoms with van der Waals surface area (Å²) in [6.45, 7) is 18.8. The average molecular weight is 486 g/mol. The molecule has 0 spiro atoms. The Labute approximate surface area is 193 Å². The molecule has 0 aromatic rings. The van der Waals surface area contributed by atoms with Crippen molar-refractivity contribution in [3.8, 4) is 0 Å². The van der Waals surface area contributed by atoms with E-state index in [2.05, 4.69) is 5.32 Å². The van der Waals surface area contributed by atoms with Crippen molar-refractivity contribution in [3.63, 3.8) is 0 Å². The second-order valence-corrected chi connectivity index (χ2v) is 12.0. The first-order valence-corrected chi connectivity index (χ1v) is 15.8. The molecule has 0 radical (unpaired) electrons. The predicted octanol–water partition coefficient (Wildman–Crippen LogP) is 2.36. The van der Waals surface area contributed by atoms with Gasteiger partial charge in [0.05, 0.1) is 0 Å². The van der Waals surface area contributed by atoms with E-state index in [1.54, 1.807) is 0 Å². The van der Waals surface area contributed by atoms with Crippen molar-refractivity contribution in [3.05, 3.63) is 0 Å². The first kappa shape index (κ1) is 33.2. The summed E-state index contributed by atoms with van der Waals surface area (Å²) in [6, 6.07) is 1.68. The third-order valence-electron chi connectivity index (χ3n) is 4.03. The second-order valence-electron chi connectivity index (χ2n) is 6.50. The molecule has 9 nitrogen and oxygen atoms in total. The summed E-state index contributed by atoms with van der Waals surface area (Å²) in [5.41, 5.74) is 10.9. The molecule has 0 aliphatic carbocycles. The van der Waals surface area contributed by atoms with E-state index in [0.717, 1.165) is 38.0 Å². The van der Waals surface area contributed by atoms with Gasteiger partial charge < -0.3 is 43.3 Å². The zero-order valence-corrected chi connectivity index (χ0v) is 23.0. The van der Waals surface area contributed by atoms with Crippen LogP contribution in [0.2, 0.25) is 12.1 Å². The first-order valence-electron chi connectivity index (χ1n) is 11.9. The van der Waals surface area contributed by atoms with Crippen LogP contribution in [-0.4, -0.2) is 83.4 Å². The minimum Gasteiger partial charge on any atom is -0.374 e. The molecule has 190 valence electrons. The van der Waals surface area contributed by atoms with Crippen molar-refractivity contribution in [1.29, 1.82) is 0 Å². The van der Waals surface area contributed by atoms with Crippen LogP contribution < -0.4 is 16.8 Å². The van der Waals surface area contributed by atoms with E-state index in [-0.39, 0.29) is 0 Å². The predicted molar refractivity (Wildman–Crippen MR) is 131 cm³/mol. The first-order chi connectivity index (χ1) is 15.0. The van der Waals surface area contributed by atoms with Crippen LogP contribution in [0.25, 0.3) is 0 Å². The van der Waals surface area contributed by atoms with E-state index in [1.165, 1.54) is 0 Å². The van der Waals surface area contributed by atoms with Gasteiger partial charge in [-0.15, -0.1) is 0 Å². The van der Waals surface area contributed by atoms with Crippen LogP contribution in [0, 0.1) is 0 Å². The van der Waals surface area contributed by atoms with Crippen LogP contribution in [-0.2, 0) is 26.6 Å². The van der Waals surface area contributed by atoms with Gasteiger partial charge in [0.1, 0.15) is 0 Å². The van der Waals surface area contributed by atoms with Crippen LogP contribution in [0.15, 0.2) is 0 Å². The van der Waals surface area contributed by atoms with Crippen molar-refractivity contribution < 1.29 is 26.6 Å². The van der Waals surface area contributed by atoms with Gasteiger partial charge >= 0.3 is 17.6 Å². The van der Waals surface area contributed by atoms with Gasteiger partial charge in [-0.1, -0.05) is 0 Å². The summed E-state index contributed by atoms with van der Waals surface area (Å²) in [6.07, 6.45) is 1.89. The van der Waals surface area contributed by atoms with Crippen molar-refractivity contribution in [2.45, 2.75) is 66.5 Å². The quantitative estimate of drug-likeness (QED) is 0.166. The van der Waals surface area contributed by atoms with Crippen LogP contribution in [0.5, 0.6) is 0 Å². The zero-order valence-electron chi connectivity index (χ0n) is 21.0.